The van der Waals surface area contributed by atoms with Gasteiger partial charge in [0.1, 0.15) is 0 Å². The molecule has 3 nitrogen and oxygen atoms in total. The van der Waals surface area contributed by atoms with Crippen molar-refractivity contribution in [2.75, 3.05) is 33.7 Å². The highest BCUT2D eigenvalue weighted by Crippen LogP contribution is 2.31. The van der Waals surface area contributed by atoms with Gasteiger partial charge in [-0.15, -0.1) is 0 Å². The molecule has 1 aliphatic carbocycles. The molecule has 1 fully saturated rings. The quantitative estimate of drug-likeness (QED) is 0.788. The van der Waals surface area contributed by atoms with Crippen molar-refractivity contribution in [1.82, 2.24) is 9.80 Å². The zero-order chi connectivity index (χ0) is 13.7. The lowest BCUT2D eigenvalue weighted by Gasteiger charge is -2.44. The van der Waals surface area contributed by atoms with Crippen molar-refractivity contribution in [1.29, 1.82) is 0 Å². The molecule has 0 radical (unpaired) electrons. The third-order valence-corrected chi connectivity index (χ3v) is 4.24. The Labute approximate surface area is 114 Å². The molecule has 0 spiro atoms. The fourth-order valence-corrected chi connectivity index (χ4v) is 3.55. The van der Waals surface area contributed by atoms with E-state index in [2.05, 4.69) is 44.7 Å². The minimum Gasteiger partial charge on any atom is -0.326 e. The zero-order valence-electron chi connectivity index (χ0n) is 13.0. The van der Waals surface area contributed by atoms with Crippen LogP contribution in [0.4, 0.5) is 0 Å². The molecule has 0 aromatic heterocycles. The first kappa shape index (κ1) is 15.9. The molecule has 0 heterocycles. The Morgan fingerprint density at radius 2 is 1.72 bits per heavy atom. The molecule has 2 N–H and O–H groups in total. The highest BCUT2D eigenvalue weighted by Gasteiger charge is 2.35. The number of likely N-dealkylation sites (N-methyl/N-ethyl adjacent to an activating group) is 1. The molecule has 0 aliphatic heterocycles. The topological polar surface area (TPSA) is 32.5 Å². The van der Waals surface area contributed by atoms with Crippen LogP contribution in [0.5, 0.6) is 0 Å². The van der Waals surface area contributed by atoms with Gasteiger partial charge in [0.05, 0.1) is 0 Å². The lowest BCUT2D eigenvalue weighted by Crippen LogP contribution is -2.56. The van der Waals surface area contributed by atoms with Crippen LogP contribution in [0.15, 0.2) is 0 Å². The molecule has 1 aliphatic rings. The summed E-state index contributed by atoms with van der Waals surface area (Å²) >= 11 is 0. The van der Waals surface area contributed by atoms with E-state index in [4.69, 9.17) is 5.73 Å². The molecule has 18 heavy (non-hydrogen) atoms. The molecule has 1 rings (SSSR count). The fourth-order valence-electron chi connectivity index (χ4n) is 3.55. The average Bonchev–Trinajstić information content (AvgIpc) is 2.24. The molecule has 0 aromatic carbocycles. The van der Waals surface area contributed by atoms with Crippen LogP contribution in [0.1, 0.15) is 40.0 Å². The first-order chi connectivity index (χ1) is 8.45. The summed E-state index contributed by atoms with van der Waals surface area (Å²) < 4.78 is 0. The lowest BCUT2D eigenvalue weighted by atomic mass is 9.76. The van der Waals surface area contributed by atoms with Gasteiger partial charge >= 0.3 is 0 Å². The minimum absolute atomic E-state index is 0.359. The maximum Gasteiger partial charge on any atom is 0.0273 e. The van der Waals surface area contributed by atoms with Gasteiger partial charge in [-0.1, -0.05) is 20.8 Å². The summed E-state index contributed by atoms with van der Waals surface area (Å²) in [5.74, 6) is 1.53. The molecule has 108 valence electrons. The SMILES string of the molecule is CCCN(CCN(C)C)C1C(C)CC(C)CC1N. The molecule has 4 unspecified atom stereocenters. The number of nitrogens with two attached hydrogens (primary N) is 1. The summed E-state index contributed by atoms with van der Waals surface area (Å²) in [5, 5.41) is 0. The van der Waals surface area contributed by atoms with Crippen LogP contribution in [0.25, 0.3) is 0 Å². The van der Waals surface area contributed by atoms with Crippen LogP contribution >= 0.6 is 0 Å². The van der Waals surface area contributed by atoms with E-state index in [-0.39, 0.29) is 0 Å². The van der Waals surface area contributed by atoms with Crippen molar-refractivity contribution in [2.24, 2.45) is 17.6 Å². The summed E-state index contributed by atoms with van der Waals surface area (Å²) in [6, 6.07) is 0.943. The molecule has 0 amide bonds. The Morgan fingerprint density at radius 3 is 2.22 bits per heavy atom. The third-order valence-electron chi connectivity index (χ3n) is 4.24. The lowest BCUT2D eigenvalue weighted by molar-refractivity contribution is 0.0699. The van der Waals surface area contributed by atoms with E-state index in [9.17, 15) is 0 Å². The van der Waals surface area contributed by atoms with Crippen LogP contribution in [0, 0.1) is 11.8 Å². The van der Waals surface area contributed by atoms with E-state index in [1.165, 1.54) is 25.8 Å². The Morgan fingerprint density at radius 1 is 1.06 bits per heavy atom. The standard InChI is InChI=1S/C15H33N3/c1-6-7-18(9-8-17(4)5)15-13(3)10-12(2)11-14(15)16/h12-15H,6-11,16H2,1-5H3. The second-order valence-corrected chi connectivity index (χ2v) is 6.55. The molecular weight excluding hydrogens is 222 g/mol. The molecular formula is C15H33N3. The number of hydrogen-bond donors (Lipinski definition) is 1. The summed E-state index contributed by atoms with van der Waals surface area (Å²) in [6.07, 6.45) is 3.75. The van der Waals surface area contributed by atoms with Crippen molar-refractivity contribution in [3.63, 3.8) is 0 Å². The van der Waals surface area contributed by atoms with Gasteiger partial charge in [0.15, 0.2) is 0 Å². The summed E-state index contributed by atoms with van der Waals surface area (Å²) in [4.78, 5) is 4.91. The van der Waals surface area contributed by atoms with E-state index < -0.39 is 0 Å². The van der Waals surface area contributed by atoms with Gasteiger partial charge in [0.2, 0.25) is 0 Å². The second kappa shape index (κ2) is 7.46. The summed E-state index contributed by atoms with van der Waals surface area (Å²) in [5.41, 5.74) is 6.44. The first-order valence-electron chi connectivity index (χ1n) is 7.60. The van der Waals surface area contributed by atoms with Crippen LogP contribution in [0.3, 0.4) is 0 Å². The molecule has 3 heteroatoms. The number of rotatable bonds is 6. The monoisotopic (exact) mass is 255 g/mol. The predicted octanol–water partition coefficient (Wildman–Crippen LogP) is 2.02. The van der Waals surface area contributed by atoms with Gasteiger partial charge in [-0.2, -0.15) is 0 Å². The molecule has 0 saturated heterocycles. The average molecular weight is 255 g/mol. The van der Waals surface area contributed by atoms with Gasteiger partial charge < -0.3 is 10.6 Å². The predicted molar refractivity (Wildman–Crippen MR) is 79.7 cm³/mol. The molecule has 1 saturated carbocycles. The highest BCUT2D eigenvalue weighted by molar-refractivity contribution is 4.92. The van der Waals surface area contributed by atoms with Gasteiger partial charge in [-0.3, -0.25) is 4.90 Å². The zero-order valence-corrected chi connectivity index (χ0v) is 13.0. The fraction of sp³-hybridized carbons (Fsp3) is 1.00. The Kier molecular flexibility index (Phi) is 6.61. The summed E-state index contributed by atoms with van der Waals surface area (Å²) in [6.45, 7) is 10.5. The van der Waals surface area contributed by atoms with Crippen LogP contribution in [-0.2, 0) is 0 Å². The van der Waals surface area contributed by atoms with E-state index in [0.29, 0.717) is 12.1 Å². The van der Waals surface area contributed by atoms with Crippen LogP contribution in [0.2, 0.25) is 0 Å². The molecule has 4 atom stereocenters. The largest absolute Gasteiger partial charge is 0.326 e. The van der Waals surface area contributed by atoms with Crippen molar-refractivity contribution >= 4 is 0 Å². The first-order valence-corrected chi connectivity index (χ1v) is 7.60. The Hall–Kier alpha value is -0.120. The van der Waals surface area contributed by atoms with Gasteiger partial charge in [0, 0.05) is 25.2 Å². The third kappa shape index (κ3) is 4.52. The smallest absolute Gasteiger partial charge is 0.0273 e. The van der Waals surface area contributed by atoms with Crippen molar-refractivity contribution < 1.29 is 0 Å². The highest BCUT2D eigenvalue weighted by atomic mass is 15.2. The number of hydrogen-bond acceptors (Lipinski definition) is 3. The Balaban J connectivity index is 2.64. The maximum atomic E-state index is 6.44. The van der Waals surface area contributed by atoms with E-state index in [1.54, 1.807) is 0 Å². The minimum atomic E-state index is 0.359. The van der Waals surface area contributed by atoms with Gasteiger partial charge in [-0.25, -0.2) is 0 Å². The van der Waals surface area contributed by atoms with Gasteiger partial charge in [-0.05, 0) is 51.7 Å². The van der Waals surface area contributed by atoms with Crippen molar-refractivity contribution in [3.8, 4) is 0 Å². The normalized spacial score (nSPS) is 33.3. The van der Waals surface area contributed by atoms with Crippen molar-refractivity contribution in [3.05, 3.63) is 0 Å². The summed E-state index contributed by atoms with van der Waals surface area (Å²) in [7, 11) is 4.30. The van der Waals surface area contributed by atoms with E-state index >= 15 is 0 Å². The number of nitrogens with zero attached hydrogens (tertiary/aromatic N) is 2. The molecule has 0 aromatic rings. The van der Waals surface area contributed by atoms with Crippen molar-refractivity contribution in [2.45, 2.75) is 52.1 Å². The second-order valence-electron chi connectivity index (χ2n) is 6.55. The molecule has 0 bridgehead atoms. The Bertz CT molecular complexity index is 218. The van der Waals surface area contributed by atoms with E-state index in [0.717, 1.165) is 24.9 Å². The van der Waals surface area contributed by atoms with Crippen LogP contribution < -0.4 is 5.73 Å². The maximum absolute atomic E-state index is 6.44. The van der Waals surface area contributed by atoms with Crippen LogP contribution in [-0.4, -0.2) is 55.6 Å². The van der Waals surface area contributed by atoms with Gasteiger partial charge in [0.25, 0.3) is 0 Å². The van der Waals surface area contributed by atoms with E-state index in [1.807, 2.05) is 0 Å².